The number of benzene rings is 1. The molecule has 0 amide bonds. The number of hydrogen-bond donors (Lipinski definition) is 1. The lowest BCUT2D eigenvalue weighted by Gasteiger charge is -2.29. The number of rotatable bonds is 5. The molecule has 8 heteroatoms. The number of aliphatic hydroxyl groups excluding tert-OH is 1. The van der Waals surface area contributed by atoms with E-state index in [9.17, 15) is 5.11 Å². The van der Waals surface area contributed by atoms with Crippen LogP contribution in [0, 0.1) is 5.92 Å². The SMILES string of the molecule is CN1CCC(Cn2ncc3c(-c4cccc(CO)c4)nc(N4CCOCC4)nc32)CC1. The fourth-order valence-electron chi connectivity index (χ4n) is 4.51. The third kappa shape index (κ3) is 4.28. The highest BCUT2D eigenvalue weighted by molar-refractivity contribution is 5.91. The Kier molecular flexibility index (Phi) is 5.85. The molecule has 4 heterocycles. The molecule has 1 N–H and O–H groups in total. The molecule has 2 saturated heterocycles. The normalized spacial score (nSPS) is 18.7. The van der Waals surface area contributed by atoms with Crippen molar-refractivity contribution in [3.8, 4) is 11.3 Å². The van der Waals surface area contributed by atoms with E-state index < -0.39 is 0 Å². The second-order valence-corrected chi connectivity index (χ2v) is 8.64. The maximum absolute atomic E-state index is 9.61. The Morgan fingerprint density at radius 3 is 2.68 bits per heavy atom. The van der Waals surface area contributed by atoms with Crippen LogP contribution in [-0.2, 0) is 17.9 Å². The van der Waals surface area contributed by atoms with Gasteiger partial charge in [0.2, 0.25) is 5.95 Å². The van der Waals surface area contributed by atoms with Gasteiger partial charge in [-0.3, -0.25) is 0 Å². The molecule has 164 valence electrons. The number of morpholine rings is 1. The summed E-state index contributed by atoms with van der Waals surface area (Å²) in [6.07, 6.45) is 4.27. The average molecular weight is 423 g/mol. The molecule has 5 rings (SSSR count). The monoisotopic (exact) mass is 422 g/mol. The number of aliphatic hydroxyl groups is 1. The summed E-state index contributed by atoms with van der Waals surface area (Å²) in [7, 11) is 2.19. The van der Waals surface area contributed by atoms with E-state index in [1.807, 2.05) is 30.5 Å². The lowest BCUT2D eigenvalue weighted by Crippen LogP contribution is -2.37. The topological polar surface area (TPSA) is 79.5 Å². The molecule has 0 spiro atoms. The van der Waals surface area contributed by atoms with Gasteiger partial charge in [-0.25, -0.2) is 9.67 Å². The minimum Gasteiger partial charge on any atom is -0.392 e. The first-order valence-electron chi connectivity index (χ1n) is 11.2. The first kappa shape index (κ1) is 20.4. The van der Waals surface area contributed by atoms with Crippen LogP contribution in [0.5, 0.6) is 0 Å². The summed E-state index contributed by atoms with van der Waals surface area (Å²) in [5.74, 6) is 1.34. The zero-order valence-corrected chi connectivity index (χ0v) is 18.1. The first-order valence-corrected chi connectivity index (χ1v) is 11.2. The largest absolute Gasteiger partial charge is 0.392 e. The van der Waals surface area contributed by atoms with Gasteiger partial charge in [0.05, 0.1) is 37.1 Å². The van der Waals surface area contributed by atoms with E-state index >= 15 is 0 Å². The lowest BCUT2D eigenvalue weighted by atomic mass is 9.97. The van der Waals surface area contributed by atoms with E-state index in [0.29, 0.717) is 19.1 Å². The van der Waals surface area contributed by atoms with Crippen molar-refractivity contribution < 1.29 is 9.84 Å². The van der Waals surface area contributed by atoms with E-state index in [1.54, 1.807) is 0 Å². The summed E-state index contributed by atoms with van der Waals surface area (Å²) in [4.78, 5) is 14.5. The summed E-state index contributed by atoms with van der Waals surface area (Å²) in [6.45, 7) is 6.10. The molecule has 0 aliphatic carbocycles. The van der Waals surface area contributed by atoms with Crippen LogP contribution in [0.3, 0.4) is 0 Å². The quantitative estimate of drug-likeness (QED) is 0.675. The molecule has 1 aromatic carbocycles. The van der Waals surface area contributed by atoms with Crippen LogP contribution in [0.1, 0.15) is 18.4 Å². The zero-order chi connectivity index (χ0) is 21.2. The minimum absolute atomic E-state index is 0.00771. The van der Waals surface area contributed by atoms with Gasteiger partial charge in [-0.1, -0.05) is 18.2 Å². The molecule has 0 saturated carbocycles. The molecule has 8 nitrogen and oxygen atoms in total. The molecule has 2 aliphatic heterocycles. The molecule has 2 aliphatic rings. The Bertz CT molecular complexity index is 1040. The van der Waals surface area contributed by atoms with Gasteiger partial charge < -0.3 is 19.6 Å². The molecule has 31 heavy (non-hydrogen) atoms. The average Bonchev–Trinajstić information content (AvgIpc) is 3.23. The third-order valence-corrected chi connectivity index (χ3v) is 6.43. The van der Waals surface area contributed by atoms with Crippen molar-refractivity contribution in [3.63, 3.8) is 0 Å². The maximum atomic E-state index is 9.61. The number of hydrogen-bond acceptors (Lipinski definition) is 7. The number of anilines is 1. The van der Waals surface area contributed by atoms with E-state index in [1.165, 1.54) is 12.8 Å². The van der Waals surface area contributed by atoms with Gasteiger partial charge in [0.15, 0.2) is 5.65 Å². The fourth-order valence-corrected chi connectivity index (χ4v) is 4.51. The van der Waals surface area contributed by atoms with Crippen molar-refractivity contribution in [2.75, 3.05) is 51.3 Å². The fraction of sp³-hybridized carbons (Fsp3) is 0.522. The molecule has 0 unspecified atom stereocenters. The third-order valence-electron chi connectivity index (χ3n) is 6.43. The summed E-state index contributed by atoms with van der Waals surface area (Å²) in [6, 6.07) is 7.93. The Balaban J connectivity index is 1.56. The maximum Gasteiger partial charge on any atom is 0.228 e. The Hall–Kier alpha value is -2.55. The summed E-state index contributed by atoms with van der Waals surface area (Å²) in [5, 5.41) is 15.3. The molecule has 2 aromatic heterocycles. The Morgan fingerprint density at radius 2 is 1.90 bits per heavy atom. The van der Waals surface area contributed by atoms with Gasteiger partial charge in [0.1, 0.15) is 0 Å². The van der Waals surface area contributed by atoms with Crippen LogP contribution in [0.25, 0.3) is 22.3 Å². The highest BCUT2D eigenvalue weighted by Gasteiger charge is 2.22. The van der Waals surface area contributed by atoms with Crippen LogP contribution < -0.4 is 4.90 Å². The molecule has 0 atom stereocenters. The van der Waals surface area contributed by atoms with E-state index in [4.69, 9.17) is 19.8 Å². The molecule has 2 fully saturated rings. The zero-order valence-electron chi connectivity index (χ0n) is 18.1. The van der Waals surface area contributed by atoms with Gasteiger partial charge in [-0.15, -0.1) is 0 Å². The molecular formula is C23H30N6O2. The van der Waals surface area contributed by atoms with Gasteiger partial charge >= 0.3 is 0 Å². The molecule has 0 radical (unpaired) electrons. The standard InChI is InChI=1S/C23H30N6O2/c1-27-7-5-17(6-8-27)15-29-22-20(14-24-29)21(19-4-2-3-18(13-19)16-30)25-23(26-22)28-9-11-31-12-10-28/h2-4,13-14,17,30H,5-12,15-16H2,1H3. The summed E-state index contributed by atoms with van der Waals surface area (Å²) < 4.78 is 7.59. The Labute approximate surface area is 182 Å². The van der Waals surface area contributed by atoms with Gasteiger partial charge in [-0.05, 0) is 50.5 Å². The first-order chi connectivity index (χ1) is 15.2. The summed E-state index contributed by atoms with van der Waals surface area (Å²) >= 11 is 0. The number of aromatic nitrogens is 4. The van der Waals surface area contributed by atoms with Crippen molar-refractivity contribution in [3.05, 3.63) is 36.0 Å². The second-order valence-electron chi connectivity index (χ2n) is 8.64. The Morgan fingerprint density at radius 1 is 1.10 bits per heavy atom. The van der Waals surface area contributed by atoms with Crippen LogP contribution in [0.15, 0.2) is 30.5 Å². The van der Waals surface area contributed by atoms with Crippen molar-refractivity contribution in [2.24, 2.45) is 5.92 Å². The second kappa shape index (κ2) is 8.90. The summed E-state index contributed by atoms with van der Waals surface area (Å²) in [5.41, 5.74) is 3.61. The highest BCUT2D eigenvalue weighted by Crippen LogP contribution is 2.30. The van der Waals surface area contributed by atoms with Gasteiger partial charge in [0.25, 0.3) is 0 Å². The lowest BCUT2D eigenvalue weighted by molar-refractivity contribution is 0.122. The van der Waals surface area contributed by atoms with E-state index in [2.05, 4.69) is 21.5 Å². The van der Waals surface area contributed by atoms with Gasteiger partial charge in [-0.2, -0.15) is 10.1 Å². The van der Waals surface area contributed by atoms with Crippen LogP contribution in [0.4, 0.5) is 5.95 Å². The predicted molar refractivity (Wildman–Crippen MR) is 120 cm³/mol. The molecule has 0 bridgehead atoms. The minimum atomic E-state index is 0.00771. The van der Waals surface area contributed by atoms with Gasteiger partial charge in [0, 0.05) is 25.2 Å². The number of fused-ring (bicyclic) bond motifs is 1. The van der Waals surface area contributed by atoms with E-state index in [0.717, 1.165) is 66.5 Å². The predicted octanol–water partition coefficient (Wildman–Crippen LogP) is 2.16. The smallest absolute Gasteiger partial charge is 0.228 e. The molecule has 3 aromatic rings. The van der Waals surface area contributed by atoms with Crippen LogP contribution in [0.2, 0.25) is 0 Å². The highest BCUT2D eigenvalue weighted by atomic mass is 16.5. The molecular weight excluding hydrogens is 392 g/mol. The number of nitrogens with zero attached hydrogens (tertiary/aromatic N) is 6. The number of likely N-dealkylation sites (tertiary alicyclic amines) is 1. The van der Waals surface area contributed by atoms with Crippen molar-refractivity contribution in [2.45, 2.75) is 26.0 Å². The van der Waals surface area contributed by atoms with E-state index in [-0.39, 0.29) is 6.61 Å². The number of ether oxygens (including phenoxy) is 1. The van der Waals surface area contributed by atoms with Crippen molar-refractivity contribution in [1.29, 1.82) is 0 Å². The van der Waals surface area contributed by atoms with Crippen molar-refractivity contribution >= 4 is 17.0 Å². The van der Waals surface area contributed by atoms with Crippen LogP contribution >= 0.6 is 0 Å². The van der Waals surface area contributed by atoms with Crippen LogP contribution in [-0.4, -0.2) is 76.2 Å². The van der Waals surface area contributed by atoms with Crippen molar-refractivity contribution in [1.82, 2.24) is 24.6 Å². The number of piperidine rings is 1.